The number of aryl methyl sites for hydroxylation is 2. The molecule has 0 fully saturated rings. The first-order chi connectivity index (χ1) is 10.0. The molecule has 21 heavy (non-hydrogen) atoms. The topological polar surface area (TPSA) is 24.9 Å². The van der Waals surface area contributed by atoms with Gasteiger partial charge in [0.1, 0.15) is 11.6 Å². The van der Waals surface area contributed by atoms with Gasteiger partial charge in [-0.15, -0.1) is 0 Å². The number of anilines is 1. The predicted octanol–water partition coefficient (Wildman–Crippen LogP) is 4.80. The van der Waals surface area contributed by atoms with Gasteiger partial charge in [-0.05, 0) is 42.7 Å². The molecule has 0 radical (unpaired) electrons. The summed E-state index contributed by atoms with van der Waals surface area (Å²) in [7, 11) is 0. The van der Waals surface area contributed by atoms with Crippen LogP contribution in [0.2, 0.25) is 0 Å². The average Bonchev–Trinajstić information content (AvgIpc) is 2.84. The molecule has 5 heteroatoms. The molecule has 0 aliphatic rings. The fourth-order valence-corrected chi connectivity index (χ4v) is 3.13. The first kappa shape index (κ1) is 13.9. The average molecular weight is 304 g/mol. The molecule has 0 atom stereocenters. The van der Waals surface area contributed by atoms with Crippen molar-refractivity contribution in [3.05, 3.63) is 58.7 Å². The monoisotopic (exact) mass is 304 g/mol. The molecule has 108 valence electrons. The highest BCUT2D eigenvalue weighted by Crippen LogP contribution is 2.27. The van der Waals surface area contributed by atoms with Crippen LogP contribution in [0.4, 0.5) is 13.9 Å². The van der Waals surface area contributed by atoms with Gasteiger partial charge >= 0.3 is 0 Å². The van der Waals surface area contributed by atoms with E-state index in [9.17, 15) is 8.78 Å². The molecule has 1 heterocycles. The SMILES string of the molecule is Cc1cc(CNc2nc3cc(F)ccc3s2)cc(C)c1F. The van der Waals surface area contributed by atoms with Crippen LogP contribution < -0.4 is 5.32 Å². The first-order valence-corrected chi connectivity index (χ1v) is 7.40. The summed E-state index contributed by atoms with van der Waals surface area (Å²) in [6.45, 7) is 4.07. The predicted molar refractivity (Wildman–Crippen MR) is 82.8 cm³/mol. The number of aromatic nitrogens is 1. The van der Waals surface area contributed by atoms with Crippen molar-refractivity contribution in [3.8, 4) is 0 Å². The fraction of sp³-hybridized carbons (Fsp3) is 0.188. The summed E-state index contributed by atoms with van der Waals surface area (Å²) < 4.78 is 27.7. The van der Waals surface area contributed by atoms with Crippen LogP contribution in [0.5, 0.6) is 0 Å². The van der Waals surface area contributed by atoms with Gasteiger partial charge in [-0.3, -0.25) is 0 Å². The first-order valence-electron chi connectivity index (χ1n) is 6.58. The zero-order valence-corrected chi connectivity index (χ0v) is 12.5. The van der Waals surface area contributed by atoms with E-state index < -0.39 is 0 Å². The van der Waals surface area contributed by atoms with Crippen molar-refractivity contribution in [1.29, 1.82) is 0 Å². The van der Waals surface area contributed by atoms with Crippen molar-refractivity contribution >= 4 is 26.7 Å². The molecule has 0 amide bonds. The number of hydrogen-bond acceptors (Lipinski definition) is 3. The van der Waals surface area contributed by atoms with E-state index in [0.717, 1.165) is 15.4 Å². The molecule has 1 aromatic heterocycles. The Morgan fingerprint density at radius 3 is 2.52 bits per heavy atom. The minimum absolute atomic E-state index is 0.158. The van der Waals surface area contributed by atoms with Gasteiger partial charge in [0, 0.05) is 12.6 Å². The number of thiazole rings is 1. The highest BCUT2D eigenvalue weighted by Gasteiger charge is 2.07. The molecule has 1 N–H and O–H groups in total. The summed E-state index contributed by atoms with van der Waals surface area (Å²) in [5.74, 6) is -0.446. The molecule has 2 aromatic carbocycles. The lowest BCUT2D eigenvalue weighted by atomic mass is 10.1. The summed E-state index contributed by atoms with van der Waals surface area (Å²) in [5.41, 5.74) is 2.92. The van der Waals surface area contributed by atoms with Crippen LogP contribution in [0.25, 0.3) is 10.2 Å². The van der Waals surface area contributed by atoms with Crippen LogP contribution in [-0.4, -0.2) is 4.98 Å². The Kier molecular flexibility index (Phi) is 3.59. The van der Waals surface area contributed by atoms with Crippen molar-refractivity contribution in [1.82, 2.24) is 4.98 Å². The fourth-order valence-electron chi connectivity index (χ4n) is 2.29. The molecule has 3 rings (SSSR count). The number of hydrogen-bond donors (Lipinski definition) is 1. The summed E-state index contributed by atoms with van der Waals surface area (Å²) in [5, 5.41) is 3.94. The van der Waals surface area contributed by atoms with Crippen molar-refractivity contribution in [3.63, 3.8) is 0 Å². The lowest BCUT2D eigenvalue weighted by molar-refractivity contribution is 0.608. The lowest BCUT2D eigenvalue weighted by Crippen LogP contribution is -2.01. The van der Waals surface area contributed by atoms with Gasteiger partial charge in [0.05, 0.1) is 10.2 Å². The molecule has 0 spiro atoms. The van der Waals surface area contributed by atoms with Crippen molar-refractivity contribution < 1.29 is 8.78 Å². The molecule has 0 saturated carbocycles. The number of rotatable bonds is 3. The summed E-state index contributed by atoms with van der Waals surface area (Å²) in [4.78, 5) is 4.34. The zero-order chi connectivity index (χ0) is 15.0. The Bertz CT molecular complexity index is 788. The Morgan fingerprint density at radius 1 is 1.10 bits per heavy atom. The Balaban J connectivity index is 1.80. The molecule has 0 bridgehead atoms. The maximum absolute atomic E-state index is 13.6. The molecule has 0 unspecified atom stereocenters. The summed E-state index contributed by atoms with van der Waals surface area (Å²) >= 11 is 1.47. The van der Waals surface area contributed by atoms with E-state index in [-0.39, 0.29) is 11.6 Å². The second kappa shape index (κ2) is 5.41. The van der Waals surface area contributed by atoms with E-state index in [4.69, 9.17) is 0 Å². The molecular weight excluding hydrogens is 290 g/mol. The molecular formula is C16H14F2N2S. The van der Waals surface area contributed by atoms with Crippen LogP contribution >= 0.6 is 11.3 Å². The van der Waals surface area contributed by atoms with Crippen LogP contribution in [-0.2, 0) is 6.54 Å². The normalized spacial score (nSPS) is 11.0. The van der Waals surface area contributed by atoms with Crippen LogP contribution in [0, 0.1) is 25.5 Å². The van der Waals surface area contributed by atoms with E-state index in [1.165, 1.54) is 23.5 Å². The largest absolute Gasteiger partial charge is 0.357 e. The maximum Gasteiger partial charge on any atom is 0.184 e. The van der Waals surface area contributed by atoms with Gasteiger partial charge in [0.2, 0.25) is 0 Å². The van der Waals surface area contributed by atoms with Crippen LogP contribution in [0.1, 0.15) is 16.7 Å². The highest BCUT2D eigenvalue weighted by atomic mass is 32.1. The van der Waals surface area contributed by atoms with E-state index >= 15 is 0 Å². The zero-order valence-electron chi connectivity index (χ0n) is 11.7. The third-order valence-electron chi connectivity index (χ3n) is 3.29. The van der Waals surface area contributed by atoms with Gasteiger partial charge in [-0.25, -0.2) is 13.8 Å². The quantitative estimate of drug-likeness (QED) is 0.751. The number of nitrogens with one attached hydrogen (secondary N) is 1. The maximum atomic E-state index is 13.6. The minimum Gasteiger partial charge on any atom is -0.357 e. The number of fused-ring (bicyclic) bond motifs is 1. The standard InChI is InChI=1S/C16H14F2N2S/c1-9-5-11(6-10(2)15(9)18)8-19-16-20-13-7-12(17)3-4-14(13)21-16/h3-7H,8H2,1-2H3,(H,19,20). The van der Waals surface area contributed by atoms with Gasteiger partial charge in [0.25, 0.3) is 0 Å². The van der Waals surface area contributed by atoms with E-state index in [2.05, 4.69) is 10.3 Å². The Labute approximate surface area is 125 Å². The van der Waals surface area contributed by atoms with Crippen LogP contribution in [0.15, 0.2) is 30.3 Å². The van der Waals surface area contributed by atoms with Crippen molar-refractivity contribution in [2.75, 3.05) is 5.32 Å². The second-order valence-corrected chi connectivity index (χ2v) is 6.06. The summed E-state index contributed by atoms with van der Waals surface area (Å²) in [6, 6.07) is 8.21. The van der Waals surface area contributed by atoms with Gasteiger partial charge < -0.3 is 5.32 Å². The van der Waals surface area contributed by atoms with E-state index in [0.29, 0.717) is 23.2 Å². The van der Waals surface area contributed by atoms with E-state index in [1.807, 2.05) is 12.1 Å². The smallest absolute Gasteiger partial charge is 0.184 e. The number of benzene rings is 2. The van der Waals surface area contributed by atoms with Gasteiger partial charge in [-0.1, -0.05) is 23.5 Å². The molecule has 0 aliphatic heterocycles. The van der Waals surface area contributed by atoms with Crippen LogP contribution in [0.3, 0.4) is 0 Å². The van der Waals surface area contributed by atoms with Crippen molar-refractivity contribution in [2.45, 2.75) is 20.4 Å². The Morgan fingerprint density at radius 2 is 1.81 bits per heavy atom. The van der Waals surface area contributed by atoms with Gasteiger partial charge in [0.15, 0.2) is 5.13 Å². The third-order valence-corrected chi connectivity index (χ3v) is 4.28. The molecule has 0 saturated heterocycles. The highest BCUT2D eigenvalue weighted by molar-refractivity contribution is 7.22. The molecule has 2 nitrogen and oxygen atoms in total. The minimum atomic E-state index is -0.288. The second-order valence-electron chi connectivity index (χ2n) is 5.03. The third kappa shape index (κ3) is 2.88. The van der Waals surface area contributed by atoms with Crippen molar-refractivity contribution in [2.24, 2.45) is 0 Å². The number of halogens is 2. The van der Waals surface area contributed by atoms with Gasteiger partial charge in [-0.2, -0.15) is 0 Å². The Hall–Kier alpha value is -2.01. The van der Waals surface area contributed by atoms with E-state index in [1.54, 1.807) is 19.9 Å². The molecule has 3 aromatic rings. The summed E-state index contributed by atoms with van der Waals surface area (Å²) in [6.07, 6.45) is 0. The number of nitrogens with zero attached hydrogens (tertiary/aromatic N) is 1. The molecule has 0 aliphatic carbocycles. The lowest BCUT2D eigenvalue weighted by Gasteiger charge is -2.07.